The van der Waals surface area contributed by atoms with Gasteiger partial charge in [-0.2, -0.15) is 10.1 Å². The summed E-state index contributed by atoms with van der Waals surface area (Å²) in [5.74, 6) is -2.73. The summed E-state index contributed by atoms with van der Waals surface area (Å²) in [5.41, 5.74) is 4.63. The van der Waals surface area contributed by atoms with Crippen LogP contribution in [-0.4, -0.2) is 36.6 Å². The second-order valence-corrected chi connectivity index (χ2v) is 9.85. The topological polar surface area (TPSA) is 98.2 Å². The zero-order valence-corrected chi connectivity index (χ0v) is 20.4. The number of nitrogens with zero attached hydrogens (tertiary/aromatic N) is 5. The number of alkyl halides is 2. The Morgan fingerprint density at radius 2 is 1.94 bits per heavy atom. The normalized spacial score (nSPS) is 12.3. The molecule has 0 unspecified atom stereocenters. The summed E-state index contributed by atoms with van der Waals surface area (Å²) in [5, 5.41) is 10.8. The van der Waals surface area contributed by atoms with Crippen LogP contribution in [0.3, 0.4) is 0 Å². The number of nitrogens with one attached hydrogen (secondary N) is 1. The Labute approximate surface area is 201 Å². The van der Waals surface area contributed by atoms with Crippen LogP contribution in [-0.2, 0) is 18.4 Å². The fraction of sp³-hybridized carbons (Fsp3) is 0.400. The van der Waals surface area contributed by atoms with Crippen LogP contribution in [0.2, 0.25) is 0 Å². The van der Waals surface area contributed by atoms with Crippen LogP contribution in [0.25, 0.3) is 16.8 Å². The molecule has 35 heavy (non-hydrogen) atoms. The van der Waals surface area contributed by atoms with Gasteiger partial charge in [-0.1, -0.05) is 38.1 Å². The number of hydrogen-bond acceptors (Lipinski definition) is 6. The predicted molar refractivity (Wildman–Crippen MR) is 126 cm³/mol. The lowest BCUT2D eigenvalue weighted by Gasteiger charge is -2.10. The van der Waals surface area contributed by atoms with Crippen LogP contribution in [0.15, 0.2) is 41.3 Å². The molecule has 10 heteroatoms. The van der Waals surface area contributed by atoms with Gasteiger partial charge in [-0.05, 0) is 49.1 Å². The molecule has 1 aromatic carbocycles. The maximum Gasteiger partial charge on any atom is 0.292 e. The molecule has 4 rings (SSSR count). The summed E-state index contributed by atoms with van der Waals surface area (Å²) in [6, 6.07) is 7.65. The highest BCUT2D eigenvalue weighted by molar-refractivity contribution is 5.90. The van der Waals surface area contributed by atoms with E-state index in [1.807, 2.05) is 52.0 Å². The van der Waals surface area contributed by atoms with Crippen molar-refractivity contribution in [2.24, 2.45) is 0 Å². The number of amides is 1. The van der Waals surface area contributed by atoms with E-state index in [1.165, 1.54) is 6.33 Å². The number of halogens is 2. The molecule has 1 N–H and O–H groups in total. The van der Waals surface area contributed by atoms with Gasteiger partial charge in [0.25, 0.3) is 11.7 Å². The number of aryl methyl sites for hydroxylation is 2. The van der Waals surface area contributed by atoms with Crippen LogP contribution in [0.4, 0.5) is 8.78 Å². The Bertz CT molecular complexity index is 1360. The van der Waals surface area contributed by atoms with Crippen molar-refractivity contribution in [1.82, 2.24) is 30.1 Å². The number of carbonyl (C=O) groups excluding carboxylic acids is 1. The van der Waals surface area contributed by atoms with Crippen molar-refractivity contribution < 1.29 is 18.1 Å². The van der Waals surface area contributed by atoms with Crippen LogP contribution < -0.4 is 5.32 Å². The average Bonchev–Trinajstić information content (AvgIpc) is 3.43. The molecule has 0 saturated heterocycles. The lowest BCUT2D eigenvalue weighted by Crippen LogP contribution is -2.24. The summed E-state index contributed by atoms with van der Waals surface area (Å²) in [6.07, 6.45) is 3.22. The second-order valence-electron chi connectivity index (χ2n) is 9.85. The molecule has 1 amide bonds. The van der Waals surface area contributed by atoms with Gasteiger partial charge < -0.3 is 9.84 Å². The van der Waals surface area contributed by atoms with Crippen LogP contribution in [0.1, 0.15) is 67.3 Å². The minimum Gasteiger partial charge on any atom is -0.345 e. The van der Waals surface area contributed by atoms with Gasteiger partial charge in [-0.25, -0.2) is 18.3 Å². The van der Waals surface area contributed by atoms with E-state index >= 15 is 0 Å². The molecule has 0 aliphatic heterocycles. The van der Waals surface area contributed by atoms with Crippen molar-refractivity contribution in [3.8, 4) is 11.3 Å². The summed E-state index contributed by atoms with van der Waals surface area (Å²) in [4.78, 5) is 21.1. The van der Waals surface area contributed by atoms with E-state index in [1.54, 1.807) is 10.7 Å². The first kappa shape index (κ1) is 24.4. The quantitative estimate of drug-likeness (QED) is 0.402. The molecule has 3 heterocycles. The highest BCUT2D eigenvalue weighted by atomic mass is 19.3. The van der Waals surface area contributed by atoms with Crippen molar-refractivity contribution in [2.75, 3.05) is 0 Å². The number of carbonyl (C=O) groups is 1. The van der Waals surface area contributed by atoms with E-state index in [0.717, 1.165) is 34.7 Å². The van der Waals surface area contributed by atoms with Crippen molar-refractivity contribution in [3.63, 3.8) is 0 Å². The molecule has 0 fully saturated rings. The van der Waals surface area contributed by atoms with E-state index in [0.29, 0.717) is 18.1 Å². The minimum absolute atomic E-state index is 0.00236. The molecule has 0 radical (unpaired) electrons. The molecule has 0 atom stereocenters. The highest BCUT2D eigenvalue weighted by Gasteiger charge is 2.24. The molecule has 0 aliphatic rings. The third-order valence-electron chi connectivity index (χ3n) is 5.64. The summed E-state index contributed by atoms with van der Waals surface area (Å²) in [7, 11) is 0. The van der Waals surface area contributed by atoms with Crippen molar-refractivity contribution in [3.05, 3.63) is 65.2 Å². The number of fused-ring (bicyclic) bond motifs is 1. The summed E-state index contributed by atoms with van der Waals surface area (Å²) >= 11 is 0. The maximum absolute atomic E-state index is 13.3. The Balaban J connectivity index is 1.49. The van der Waals surface area contributed by atoms with E-state index in [2.05, 4.69) is 25.5 Å². The van der Waals surface area contributed by atoms with Gasteiger partial charge in [-0.3, -0.25) is 4.79 Å². The van der Waals surface area contributed by atoms with Gasteiger partial charge >= 0.3 is 0 Å². The van der Waals surface area contributed by atoms with Gasteiger partial charge in [0.1, 0.15) is 6.33 Å². The molecule has 0 saturated carbocycles. The standard InChI is InChI=1S/C25H28F2N6O2/c1-15-10-17(20-19-11-16(8-9-25(5,26)27)13-33(19)30-14-29-20)6-7-18(15)12-28-22(34)21-31-23(35-32-21)24(2,3)4/h6-7,10-11,13-14H,8-9,12H2,1-5H3,(H,28,34). The van der Waals surface area contributed by atoms with Gasteiger partial charge in [0, 0.05) is 30.1 Å². The predicted octanol–water partition coefficient (Wildman–Crippen LogP) is 4.90. The third-order valence-corrected chi connectivity index (χ3v) is 5.64. The largest absolute Gasteiger partial charge is 0.345 e. The SMILES string of the molecule is Cc1cc(-c2ncnn3cc(CCC(C)(F)F)cc23)ccc1CNC(=O)c1noc(C(C)(C)C)n1. The number of benzene rings is 1. The smallest absolute Gasteiger partial charge is 0.292 e. The third kappa shape index (κ3) is 5.70. The first-order chi connectivity index (χ1) is 16.4. The Morgan fingerprint density at radius 1 is 1.17 bits per heavy atom. The second kappa shape index (κ2) is 9.16. The monoisotopic (exact) mass is 482 g/mol. The van der Waals surface area contributed by atoms with Crippen LogP contribution in [0, 0.1) is 6.92 Å². The Hall–Kier alpha value is -3.69. The van der Waals surface area contributed by atoms with E-state index in [9.17, 15) is 13.6 Å². The van der Waals surface area contributed by atoms with E-state index < -0.39 is 11.8 Å². The van der Waals surface area contributed by atoms with Crippen molar-refractivity contribution in [1.29, 1.82) is 0 Å². The van der Waals surface area contributed by atoms with Gasteiger partial charge in [0.2, 0.25) is 11.8 Å². The minimum atomic E-state index is -2.72. The fourth-order valence-electron chi connectivity index (χ4n) is 3.62. The van der Waals surface area contributed by atoms with Crippen LogP contribution in [0.5, 0.6) is 0 Å². The average molecular weight is 483 g/mol. The lowest BCUT2D eigenvalue weighted by atomic mass is 9.97. The van der Waals surface area contributed by atoms with Crippen molar-refractivity contribution >= 4 is 11.4 Å². The van der Waals surface area contributed by atoms with Gasteiger partial charge in [-0.15, -0.1) is 0 Å². The van der Waals surface area contributed by atoms with E-state index in [4.69, 9.17) is 4.52 Å². The molecule has 8 nitrogen and oxygen atoms in total. The lowest BCUT2D eigenvalue weighted by molar-refractivity contribution is 0.0133. The molecule has 4 aromatic rings. The molecule has 0 spiro atoms. The number of rotatable bonds is 7. The molecule has 184 valence electrons. The molecule has 0 bridgehead atoms. The number of aromatic nitrogens is 5. The molecule has 3 aromatic heterocycles. The Kier molecular flexibility index (Phi) is 6.40. The van der Waals surface area contributed by atoms with E-state index in [-0.39, 0.29) is 24.1 Å². The summed E-state index contributed by atoms with van der Waals surface area (Å²) in [6.45, 7) is 8.95. The van der Waals surface area contributed by atoms with Gasteiger partial charge in [0.15, 0.2) is 0 Å². The van der Waals surface area contributed by atoms with Crippen molar-refractivity contribution in [2.45, 2.75) is 65.3 Å². The first-order valence-corrected chi connectivity index (χ1v) is 11.3. The zero-order valence-electron chi connectivity index (χ0n) is 20.4. The molecule has 0 aliphatic carbocycles. The fourth-order valence-corrected chi connectivity index (χ4v) is 3.62. The molecular weight excluding hydrogens is 454 g/mol. The number of hydrogen-bond donors (Lipinski definition) is 1. The highest BCUT2D eigenvalue weighted by Crippen LogP contribution is 2.27. The van der Waals surface area contributed by atoms with Crippen LogP contribution >= 0.6 is 0 Å². The molecular formula is C25H28F2N6O2. The maximum atomic E-state index is 13.3. The summed E-state index contributed by atoms with van der Waals surface area (Å²) < 4.78 is 33.4. The zero-order chi connectivity index (χ0) is 25.4. The first-order valence-electron chi connectivity index (χ1n) is 11.3. The Morgan fingerprint density at radius 3 is 2.60 bits per heavy atom. The van der Waals surface area contributed by atoms with Gasteiger partial charge in [0.05, 0.1) is 11.2 Å².